The van der Waals surface area contributed by atoms with Gasteiger partial charge < -0.3 is 0 Å². The normalized spacial score (nSPS) is 25.4. The molecule has 3 heteroatoms. The summed E-state index contributed by atoms with van der Waals surface area (Å²) in [6.45, 7) is 6.29. The summed E-state index contributed by atoms with van der Waals surface area (Å²) in [7, 11) is 0. The molecule has 0 aromatic heterocycles. The van der Waals surface area contributed by atoms with E-state index in [1.54, 1.807) is 0 Å². The number of hydrogen-bond acceptors (Lipinski definition) is 2. The highest BCUT2D eigenvalue weighted by Crippen LogP contribution is 2.51. The maximum absolute atomic E-state index is 12.7. The average Bonchev–Trinajstić information content (AvgIpc) is 2.60. The lowest BCUT2D eigenvalue weighted by atomic mass is 9.92. The van der Waals surface area contributed by atoms with Crippen LogP contribution in [0.1, 0.15) is 50.2 Å². The SMILES string of the molecule is Cc1cc(C)cc(N2C(=O)C(C)SC23CCCCC3)c1. The van der Waals surface area contributed by atoms with E-state index in [2.05, 4.69) is 43.9 Å². The van der Waals surface area contributed by atoms with Gasteiger partial charge in [-0.2, -0.15) is 0 Å². The van der Waals surface area contributed by atoms with Gasteiger partial charge in [0.15, 0.2) is 0 Å². The van der Waals surface area contributed by atoms with Crippen LogP contribution in [-0.4, -0.2) is 16.0 Å². The van der Waals surface area contributed by atoms with E-state index in [4.69, 9.17) is 0 Å². The van der Waals surface area contributed by atoms with Crippen molar-refractivity contribution in [1.29, 1.82) is 0 Å². The molecule has 1 aliphatic carbocycles. The van der Waals surface area contributed by atoms with Crippen molar-refractivity contribution < 1.29 is 4.79 Å². The molecule has 108 valence electrons. The molecular formula is C17H23NOS. The molecule has 0 radical (unpaired) electrons. The fraction of sp³-hybridized carbons (Fsp3) is 0.588. The van der Waals surface area contributed by atoms with Crippen LogP contribution < -0.4 is 4.90 Å². The van der Waals surface area contributed by atoms with Crippen molar-refractivity contribution in [3.63, 3.8) is 0 Å². The average molecular weight is 289 g/mol. The van der Waals surface area contributed by atoms with Crippen molar-refractivity contribution in [2.45, 2.75) is 63.0 Å². The minimum atomic E-state index is 0.0228. The fourth-order valence-corrected chi connectivity index (χ4v) is 5.39. The molecule has 2 nitrogen and oxygen atoms in total. The van der Waals surface area contributed by atoms with Gasteiger partial charge in [0.2, 0.25) is 5.91 Å². The Bertz CT molecular complexity index is 514. The van der Waals surface area contributed by atoms with Crippen LogP contribution in [0, 0.1) is 13.8 Å². The Hall–Kier alpha value is -0.960. The van der Waals surface area contributed by atoms with Crippen molar-refractivity contribution in [1.82, 2.24) is 0 Å². The number of hydrogen-bond donors (Lipinski definition) is 0. The Labute approximate surface area is 125 Å². The number of carbonyl (C=O) groups is 1. The Kier molecular flexibility index (Phi) is 3.57. The first kappa shape index (κ1) is 14.0. The number of rotatable bonds is 1. The second-order valence-corrected chi connectivity index (χ2v) is 7.99. The minimum absolute atomic E-state index is 0.0228. The molecule has 20 heavy (non-hydrogen) atoms. The van der Waals surface area contributed by atoms with Gasteiger partial charge in [0.1, 0.15) is 0 Å². The molecule has 0 bridgehead atoms. The molecule has 1 atom stereocenters. The second-order valence-electron chi connectivity index (χ2n) is 6.29. The highest BCUT2D eigenvalue weighted by molar-refractivity contribution is 8.02. The number of nitrogens with zero attached hydrogens (tertiary/aromatic N) is 1. The topological polar surface area (TPSA) is 20.3 Å². The first-order chi connectivity index (χ1) is 9.52. The lowest BCUT2D eigenvalue weighted by molar-refractivity contribution is -0.117. The third-order valence-electron chi connectivity index (χ3n) is 4.47. The standard InChI is InChI=1S/C17H23NOS/c1-12-9-13(2)11-15(10-12)18-16(19)14(3)20-17(18)7-5-4-6-8-17/h9-11,14H,4-8H2,1-3H3. The van der Waals surface area contributed by atoms with E-state index in [0.29, 0.717) is 5.91 Å². The van der Waals surface area contributed by atoms with Crippen LogP contribution >= 0.6 is 11.8 Å². The molecule has 1 aromatic rings. The summed E-state index contributed by atoms with van der Waals surface area (Å²) in [5.41, 5.74) is 3.58. The Morgan fingerprint density at radius 1 is 1.10 bits per heavy atom. The number of anilines is 1. The van der Waals surface area contributed by atoms with Crippen LogP contribution in [0.4, 0.5) is 5.69 Å². The van der Waals surface area contributed by atoms with E-state index in [0.717, 1.165) is 18.5 Å². The highest BCUT2D eigenvalue weighted by atomic mass is 32.2. The van der Waals surface area contributed by atoms with E-state index in [9.17, 15) is 4.79 Å². The molecule has 0 N–H and O–H groups in total. The largest absolute Gasteiger partial charge is 0.296 e. The van der Waals surface area contributed by atoms with Crippen molar-refractivity contribution >= 4 is 23.4 Å². The Balaban J connectivity index is 2.05. The van der Waals surface area contributed by atoms with E-state index in [1.807, 2.05) is 11.8 Å². The molecule has 3 rings (SSSR count). The molecule has 1 aliphatic heterocycles. The van der Waals surface area contributed by atoms with Crippen LogP contribution in [0.25, 0.3) is 0 Å². The molecule has 2 aliphatic rings. The van der Waals surface area contributed by atoms with Gasteiger partial charge in [0.25, 0.3) is 0 Å². The van der Waals surface area contributed by atoms with E-state index in [-0.39, 0.29) is 10.1 Å². The zero-order valence-electron chi connectivity index (χ0n) is 12.6. The summed E-state index contributed by atoms with van der Waals surface area (Å²) in [6.07, 6.45) is 6.08. The predicted octanol–water partition coefficient (Wildman–Crippen LogP) is 4.43. The summed E-state index contributed by atoms with van der Waals surface area (Å²) in [4.78, 5) is 14.9. The van der Waals surface area contributed by atoms with Gasteiger partial charge in [0.05, 0.1) is 10.1 Å². The summed E-state index contributed by atoms with van der Waals surface area (Å²) in [5.74, 6) is 0.293. The number of aryl methyl sites for hydroxylation is 2. The number of thioether (sulfide) groups is 1. The first-order valence-electron chi connectivity index (χ1n) is 7.62. The predicted molar refractivity (Wildman–Crippen MR) is 86.3 cm³/mol. The Morgan fingerprint density at radius 3 is 2.30 bits per heavy atom. The number of benzene rings is 1. The molecule has 1 heterocycles. The van der Waals surface area contributed by atoms with Crippen molar-refractivity contribution in [2.75, 3.05) is 4.90 Å². The lowest BCUT2D eigenvalue weighted by Gasteiger charge is -2.40. The zero-order valence-corrected chi connectivity index (χ0v) is 13.4. The molecular weight excluding hydrogens is 266 g/mol. The number of amides is 1. The monoisotopic (exact) mass is 289 g/mol. The van der Waals surface area contributed by atoms with Gasteiger partial charge in [-0.15, -0.1) is 11.8 Å². The van der Waals surface area contributed by atoms with E-state index >= 15 is 0 Å². The van der Waals surface area contributed by atoms with E-state index in [1.165, 1.54) is 30.4 Å². The quantitative estimate of drug-likeness (QED) is 0.762. The van der Waals surface area contributed by atoms with E-state index < -0.39 is 0 Å². The maximum atomic E-state index is 12.7. The third kappa shape index (κ3) is 2.26. The van der Waals surface area contributed by atoms with Gasteiger partial charge in [-0.3, -0.25) is 9.69 Å². The van der Waals surface area contributed by atoms with Crippen molar-refractivity contribution in [3.05, 3.63) is 29.3 Å². The van der Waals surface area contributed by atoms with Gasteiger partial charge >= 0.3 is 0 Å². The molecule has 1 saturated carbocycles. The van der Waals surface area contributed by atoms with Crippen molar-refractivity contribution in [3.8, 4) is 0 Å². The van der Waals surface area contributed by atoms with Crippen LogP contribution in [0.15, 0.2) is 18.2 Å². The molecule has 2 fully saturated rings. The van der Waals surface area contributed by atoms with Crippen LogP contribution in [0.2, 0.25) is 0 Å². The summed E-state index contributed by atoms with van der Waals surface area (Å²) >= 11 is 1.89. The lowest BCUT2D eigenvalue weighted by Crippen LogP contribution is -2.46. The molecule has 1 aromatic carbocycles. The molecule has 1 saturated heterocycles. The molecule has 1 unspecified atom stereocenters. The first-order valence-corrected chi connectivity index (χ1v) is 8.50. The van der Waals surface area contributed by atoms with Crippen LogP contribution in [-0.2, 0) is 4.79 Å². The fourth-order valence-electron chi connectivity index (χ4n) is 3.70. The Morgan fingerprint density at radius 2 is 1.70 bits per heavy atom. The maximum Gasteiger partial charge on any atom is 0.241 e. The van der Waals surface area contributed by atoms with Gasteiger partial charge in [0, 0.05) is 5.69 Å². The van der Waals surface area contributed by atoms with Crippen molar-refractivity contribution in [2.24, 2.45) is 0 Å². The van der Waals surface area contributed by atoms with Gasteiger partial charge in [-0.1, -0.05) is 25.3 Å². The zero-order chi connectivity index (χ0) is 14.3. The highest BCUT2D eigenvalue weighted by Gasteiger charge is 2.50. The van der Waals surface area contributed by atoms with Crippen LogP contribution in [0.3, 0.4) is 0 Å². The minimum Gasteiger partial charge on any atom is -0.296 e. The van der Waals surface area contributed by atoms with Crippen LogP contribution in [0.5, 0.6) is 0 Å². The third-order valence-corrected chi connectivity index (χ3v) is 6.06. The van der Waals surface area contributed by atoms with Gasteiger partial charge in [-0.25, -0.2) is 0 Å². The van der Waals surface area contributed by atoms with Gasteiger partial charge in [-0.05, 0) is 56.9 Å². The molecule has 1 spiro atoms. The summed E-state index contributed by atoms with van der Waals surface area (Å²) < 4.78 is 0. The smallest absolute Gasteiger partial charge is 0.241 e. The summed E-state index contributed by atoms with van der Waals surface area (Å²) in [6, 6.07) is 6.51. The second kappa shape index (κ2) is 5.10. The summed E-state index contributed by atoms with van der Waals surface area (Å²) in [5, 5.41) is 0.0916. The number of carbonyl (C=O) groups excluding carboxylic acids is 1. The molecule has 1 amide bonds.